The highest BCUT2D eigenvalue weighted by atomic mass is 32.2. The smallest absolute Gasteiger partial charge is 0.272 e. The van der Waals surface area contributed by atoms with Crippen molar-refractivity contribution in [2.75, 3.05) is 5.75 Å². The van der Waals surface area contributed by atoms with E-state index < -0.39 is 0 Å². The highest BCUT2D eigenvalue weighted by Crippen LogP contribution is 2.15. The van der Waals surface area contributed by atoms with Crippen molar-refractivity contribution in [1.29, 1.82) is 0 Å². The molecule has 2 aromatic rings. The van der Waals surface area contributed by atoms with Crippen LogP contribution in [0.2, 0.25) is 0 Å². The molecule has 0 aromatic carbocycles. The van der Waals surface area contributed by atoms with Crippen LogP contribution in [0.4, 0.5) is 0 Å². The van der Waals surface area contributed by atoms with Crippen molar-refractivity contribution in [3.05, 3.63) is 28.2 Å². The van der Waals surface area contributed by atoms with E-state index in [-0.39, 0.29) is 5.56 Å². The minimum absolute atomic E-state index is 0.0598. The molecule has 0 amide bonds. The van der Waals surface area contributed by atoms with Crippen molar-refractivity contribution in [2.45, 2.75) is 18.9 Å². The summed E-state index contributed by atoms with van der Waals surface area (Å²) in [5.41, 5.74) is 1.38. The second kappa shape index (κ2) is 3.49. The van der Waals surface area contributed by atoms with Crippen molar-refractivity contribution >= 4 is 17.4 Å². The van der Waals surface area contributed by atoms with Gasteiger partial charge >= 0.3 is 0 Å². The van der Waals surface area contributed by atoms with Crippen LogP contribution in [-0.2, 0) is 0 Å². The van der Waals surface area contributed by atoms with E-state index in [1.807, 2.05) is 13.0 Å². The van der Waals surface area contributed by atoms with Gasteiger partial charge in [0.05, 0.1) is 5.03 Å². The first kappa shape index (κ1) is 9.33. The quantitative estimate of drug-likeness (QED) is 0.761. The van der Waals surface area contributed by atoms with Crippen molar-refractivity contribution in [1.82, 2.24) is 14.6 Å². The van der Waals surface area contributed by atoms with Gasteiger partial charge in [-0.15, -0.1) is 11.8 Å². The van der Waals surface area contributed by atoms with E-state index in [1.165, 1.54) is 10.6 Å². The molecule has 0 radical (unpaired) electrons. The molecule has 5 heteroatoms. The van der Waals surface area contributed by atoms with Gasteiger partial charge in [0.15, 0.2) is 5.65 Å². The summed E-state index contributed by atoms with van der Waals surface area (Å²) in [6.45, 7) is 3.89. The molecule has 2 rings (SSSR count). The molecule has 0 aliphatic carbocycles. The Labute approximate surface area is 85.3 Å². The van der Waals surface area contributed by atoms with Gasteiger partial charge < -0.3 is 0 Å². The summed E-state index contributed by atoms with van der Waals surface area (Å²) in [6, 6.07) is 3.41. The summed E-state index contributed by atoms with van der Waals surface area (Å²) in [4.78, 5) is 15.8. The molecule has 4 nitrogen and oxygen atoms in total. The molecular formula is C9H11N3OS. The van der Waals surface area contributed by atoms with Crippen LogP contribution in [0.15, 0.2) is 22.0 Å². The van der Waals surface area contributed by atoms with E-state index in [0.29, 0.717) is 5.65 Å². The average Bonchev–Trinajstić information content (AvgIpc) is 2.48. The second-order valence-corrected chi connectivity index (χ2v) is 4.29. The minimum Gasteiger partial charge on any atom is -0.283 e. The minimum atomic E-state index is -0.0598. The number of nitrogens with zero attached hydrogens (tertiary/aromatic N) is 2. The van der Waals surface area contributed by atoms with Gasteiger partial charge in [0.1, 0.15) is 0 Å². The number of nitrogens with one attached hydrogen (secondary N) is 1. The van der Waals surface area contributed by atoms with Crippen molar-refractivity contribution in [3.8, 4) is 0 Å². The number of aromatic nitrogens is 3. The Morgan fingerprint density at radius 1 is 1.57 bits per heavy atom. The van der Waals surface area contributed by atoms with Crippen LogP contribution in [-0.4, -0.2) is 20.4 Å². The molecule has 14 heavy (non-hydrogen) atoms. The lowest BCUT2D eigenvalue weighted by Gasteiger charge is -1.92. The maximum atomic E-state index is 11.5. The number of thioether (sulfide) groups is 1. The van der Waals surface area contributed by atoms with Crippen molar-refractivity contribution < 1.29 is 0 Å². The van der Waals surface area contributed by atoms with Crippen LogP contribution < -0.4 is 5.56 Å². The number of aromatic amines is 1. The largest absolute Gasteiger partial charge is 0.283 e. The number of hydrogen-bond donors (Lipinski definition) is 1. The summed E-state index contributed by atoms with van der Waals surface area (Å²) in [5.74, 6) is 0.973. The summed E-state index contributed by atoms with van der Waals surface area (Å²) in [7, 11) is 0. The zero-order valence-corrected chi connectivity index (χ0v) is 8.89. The molecule has 0 unspecified atom stereocenters. The fourth-order valence-electron chi connectivity index (χ4n) is 1.32. The zero-order chi connectivity index (χ0) is 10.1. The molecule has 2 heterocycles. The molecule has 0 fully saturated rings. The molecule has 1 N–H and O–H groups in total. The van der Waals surface area contributed by atoms with Gasteiger partial charge in [-0.25, -0.2) is 9.50 Å². The third-order valence-electron chi connectivity index (χ3n) is 1.85. The first-order valence-corrected chi connectivity index (χ1v) is 5.41. The van der Waals surface area contributed by atoms with Gasteiger partial charge in [-0.3, -0.25) is 9.89 Å². The zero-order valence-electron chi connectivity index (χ0n) is 8.07. The van der Waals surface area contributed by atoms with Crippen LogP contribution in [0, 0.1) is 6.92 Å². The highest BCUT2D eigenvalue weighted by Gasteiger charge is 2.03. The molecule has 0 saturated heterocycles. The number of hydrogen-bond acceptors (Lipinski definition) is 3. The van der Waals surface area contributed by atoms with Crippen LogP contribution in [0.25, 0.3) is 5.65 Å². The Bertz CT molecular complexity index is 514. The van der Waals surface area contributed by atoms with Crippen molar-refractivity contribution in [2.24, 2.45) is 0 Å². The Morgan fingerprint density at radius 3 is 3.07 bits per heavy atom. The first-order chi connectivity index (χ1) is 6.70. The highest BCUT2D eigenvalue weighted by molar-refractivity contribution is 7.99. The predicted octanol–water partition coefficient (Wildman–Crippen LogP) is 1.44. The van der Waals surface area contributed by atoms with Gasteiger partial charge in [0.2, 0.25) is 0 Å². The lowest BCUT2D eigenvalue weighted by Crippen LogP contribution is -2.14. The van der Waals surface area contributed by atoms with Crippen LogP contribution in [0.5, 0.6) is 0 Å². The summed E-state index contributed by atoms with van der Waals surface area (Å²) >= 11 is 1.66. The third kappa shape index (κ3) is 1.55. The SMILES string of the molecule is CCSc1cc2nc(C)cc(=O)n2[nH]1. The second-order valence-electron chi connectivity index (χ2n) is 2.98. The first-order valence-electron chi connectivity index (χ1n) is 4.43. The van der Waals surface area contributed by atoms with Gasteiger partial charge in [-0.2, -0.15) is 0 Å². The van der Waals surface area contributed by atoms with Gasteiger partial charge in [-0.1, -0.05) is 6.92 Å². The molecule has 0 atom stereocenters. The van der Waals surface area contributed by atoms with Crippen LogP contribution in [0.3, 0.4) is 0 Å². The number of rotatable bonds is 2. The molecule has 74 valence electrons. The van der Waals surface area contributed by atoms with Gasteiger partial charge in [0, 0.05) is 17.8 Å². The predicted molar refractivity (Wildman–Crippen MR) is 56.9 cm³/mol. The molecule has 0 saturated carbocycles. The molecule has 2 aromatic heterocycles. The van der Waals surface area contributed by atoms with E-state index in [4.69, 9.17) is 0 Å². The number of H-pyrrole nitrogens is 1. The van der Waals surface area contributed by atoms with E-state index in [2.05, 4.69) is 17.0 Å². The number of aryl methyl sites for hydroxylation is 1. The number of fused-ring (bicyclic) bond motifs is 1. The Balaban J connectivity index is 2.65. The third-order valence-corrected chi connectivity index (χ3v) is 2.66. The lowest BCUT2D eigenvalue weighted by molar-refractivity contribution is 0.849. The van der Waals surface area contributed by atoms with Crippen LogP contribution in [0.1, 0.15) is 12.6 Å². The fraction of sp³-hybridized carbons (Fsp3) is 0.333. The van der Waals surface area contributed by atoms with E-state index in [9.17, 15) is 4.79 Å². The molecule has 0 aliphatic heterocycles. The average molecular weight is 209 g/mol. The summed E-state index contributed by atoms with van der Waals surface area (Å²) < 4.78 is 1.46. The molecule has 0 bridgehead atoms. The van der Waals surface area contributed by atoms with Gasteiger partial charge in [0.25, 0.3) is 5.56 Å². The molecular weight excluding hydrogens is 198 g/mol. The van der Waals surface area contributed by atoms with E-state index >= 15 is 0 Å². The lowest BCUT2D eigenvalue weighted by atomic mass is 10.4. The normalized spacial score (nSPS) is 11.0. The topological polar surface area (TPSA) is 50.2 Å². The molecule has 0 aliphatic rings. The monoisotopic (exact) mass is 209 g/mol. The Hall–Kier alpha value is -1.23. The standard InChI is InChI=1S/C9H11N3OS/c1-3-14-8-5-7-10-6(2)4-9(13)12(7)11-8/h4-5,11H,3H2,1-2H3. The maximum Gasteiger partial charge on any atom is 0.272 e. The summed E-state index contributed by atoms with van der Waals surface area (Å²) in [6.07, 6.45) is 0. The summed E-state index contributed by atoms with van der Waals surface area (Å²) in [5, 5.41) is 3.97. The molecule has 0 spiro atoms. The van der Waals surface area contributed by atoms with E-state index in [0.717, 1.165) is 16.5 Å². The van der Waals surface area contributed by atoms with Crippen molar-refractivity contribution in [3.63, 3.8) is 0 Å². The Kier molecular flexibility index (Phi) is 2.33. The van der Waals surface area contributed by atoms with Crippen LogP contribution >= 0.6 is 11.8 Å². The van der Waals surface area contributed by atoms with Gasteiger partial charge in [-0.05, 0) is 12.7 Å². The Morgan fingerprint density at radius 2 is 2.36 bits per heavy atom. The fourth-order valence-corrected chi connectivity index (χ4v) is 1.97. The van der Waals surface area contributed by atoms with E-state index in [1.54, 1.807) is 11.8 Å². The maximum absolute atomic E-state index is 11.5.